The average molecular weight is 279 g/mol. The Labute approximate surface area is 118 Å². The van der Waals surface area contributed by atoms with Crippen molar-refractivity contribution in [3.05, 3.63) is 29.8 Å². The second-order valence-electron chi connectivity index (χ2n) is 5.09. The monoisotopic (exact) mass is 279 g/mol. The van der Waals surface area contributed by atoms with Gasteiger partial charge in [-0.05, 0) is 31.4 Å². The van der Waals surface area contributed by atoms with Gasteiger partial charge in [0.1, 0.15) is 11.8 Å². The Balaban J connectivity index is 2.68. The van der Waals surface area contributed by atoms with Gasteiger partial charge >= 0.3 is 5.97 Å². The van der Waals surface area contributed by atoms with E-state index in [-0.39, 0.29) is 5.92 Å². The number of hydrogen-bond donors (Lipinski definition) is 2. The first-order valence-electron chi connectivity index (χ1n) is 6.58. The first-order valence-corrected chi connectivity index (χ1v) is 6.58. The molecule has 1 rings (SSSR count). The lowest BCUT2D eigenvalue weighted by Crippen LogP contribution is -2.48. The van der Waals surface area contributed by atoms with E-state index in [1.54, 1.807) is 26.8 Å². The number of carboxylic acid groups (broad SMARTS) is 1. The summed E-state index contributed by atoms with van der Waals surface area (Å²) < 4.78 is 5.56. The average Bonchev–Trinajstić information content (AvgIpc) is 2.37. The number of aliphatic carboxylic acids is 1. The third-order valence-electron chi connectivity index (χ3n) is 3.00. The van der Waals surface area contributed by atoms with Crippen molar-refractivity contribution in [3.8, 4) is 5.75 Å². The second-order valence-corrected chi connectivity index (χ2v) is 5.09. The third-order valence-corrected chi connectivity index (χ3v) is 3.00. The Bertz CT molecular complexity index is 485. The van der Waals surface area contributed by atoms with E-state index in [9.17, 15) is 9.59 Å². The predicted molar refractivity (Wildman–Crippen MR) is 75.7 cm³/mol. The highest BCUT2D eigenvalue weighted by Gasteiger charge is 2.26. The van der Waals surface area contributed by atoms with Crippen LogP contribution in [0.3, 0.4) is 0 Å². The largest absolute Gasteiger partial charge is 0.481 e. The van der Waals surface area contributed by atoms with Crippen LogP contribution in [0.4, 0.5) is 0 Å². The fourth-order valence-electron chi connectivity index (χ4n) is 1.72. The second kappa shape index (κ2) is 6.93. The Kier molecular flexibility index (Phi) is 5.55. The van der Waals surface area contributed by atoms with Gasteiger partial charge in [0.05, 0.1) is 0 Å². The van der Waals surface area contributed by atoms with Crippen molar-refractivity contribution in [3.63, 3.8) is 0 Å². The van der Waals surface area contributed by atoms with Crippen LogP contribution in [0.2, 0.25) is 0 Å². The molecule has 2 atom stereocenters. The highest BCUT2D eigenvalue weighted by Crippen LogP contribution is 2.17. The molecule has 0 aliphatic rings. The van der Waals surface area contributed by atoms with Crippen LogP contribution < -0.4 is 10.1 Å². The van der Waals surface area contributed by atoms with Gasteiger partial charge in [-0.1, -0.05) is 32.0 Å². The summed E-state index contributed by atoms with van der Waals surface area (Å²) in [5.41, 5.74) is 0.922. The van der Waals surface area contributed by atoms with Gasteiger partial charge in [-0.3, -0.25) is 4.79 Å². The molecular weight excluding hydrogens is 258 g/mol. The molecule has 1 aromatic carbocycles. The Morgan fingerprint density at radius 1 is 1.20 bits per heavy atom. The number of aryl methyl sites for hydroxylation is 1. The molecule has 1 aromatic rings. The maximum Gasteiger partial charge on any atom is 0.326 e. The smallest absolute Gasteiger partial charge is 0.326 e. The highest BCUT2D eigenvalue weighted by molar-refractivity contribution is 5.86. The number of para-hydroxylation sites is 1. The van der Waals surface area contributed by atoms with Gasteiger partial charge in [-0.25, -0.2) is 4.79 Å². The van der Waals surface area contributed by atoms with Crippen molar-refractivity contribution < 1.29 is 19.4 Å². The molecule has 0 bridgehead atoms. The first kappa shape index (κ1) is 16.0. The molecule has 5 nitrogen and oxygen atoms in total. The predicted octanol–water partition coefficient (Wildman–Crippen LogP) is 1.99. The van der Waals surface area contributed by atoms with Gasteiger partial charge in [0.15, 0.2) is 6.10 Å². The quantitative estimate of drug-likeness (QED) is 0.835. The van der Waals surface area contributed by atoms with E-state index in [1.807, 2.05) is 25.1 Å². The molecule has 110 valence electrons. The van der Waals surface area contributed by atoms with Crippen LogP contribution in [-0.4, -0.2) is 29.1 Å². The SMILES string of the molecule is Cc1ccccc1OC(C)C(=O)NC(C(=O)O)C(C)C. The summed E-state index contributed by atoms with van der Waals surface area (Å²) in [6.07, 6.45) is -0.753. The molecule has 0 aliphatic heterocycles. The van der Waals surface area contributed by atoms with Gasteiger partial charge < -0.3 is 15.2 Å². The van der Waals surface area contributed by atoms with Gasteiger partial charge in [-0.2, -0.15) is 0 Å². The standard InChI is InChI=1S/C15H21NO4/c1-9(2)13(15(18)19)16-14(17)11(4)20-12-8-6-5-7-10(12)3/h5-9,11,13H,1-4H3,(H,16,17)(H,18,19). The summed E-state index contributed by atoms with van der Waals surface area (Å²) in [7, 11) is 0. The zero-order chi connectivity index (χ0) is 15.3. The van der Waals surface area contributed by atoms with Crippen molar-refractivity contribution in [1.82, 2.24) is 5.32 Å². The zero-order valence-corrected chi connectivity index (χ0v) is 12.2. The number of amides is 1. The minimum Gasteiger partial charge on any atom is -0.481 e. The van der Waals surface area contributed by atoms with Crippen LogP contribution in [0.1, 0.15) is 26.3 Å². The lowest BCUT2D eigenvalue weighted by molar-refractivity contribution is -0.144. The highest BCUT2D eigenvalue weighted by atomic mass is 16.5. The van der Waals surface area contributed by atoms with Crippen LogP contribution in [0.5, 0.6) is 5.75 Å². The summed E-state index contributed by atoms with van der Waals surface area (Å²) in [6.45, 7) is 6.97. The van der Waals surface area contributed by atoms with Crippen LogP contribution >= 0.6 is 0 Å². The fraction of sp³-hybridized carbons (Fsp3) is 0.467. The first-order chi connectivity index (χ1) is 9.32. The third kappa shape index (κ3) is 4.26. The fourth-order valence-corrected chi connectivity index (χ4v) is 1.72. The summed E-state index contributed by atoms with van der Waals surface area (Å²) in [6, 6.07) is 6.45. The molecule has 0 spiro atoms. The topological polar surface area (TPSA) is 75.6 Å². The lowest BCUT2D eigenvalue weighted by atomic mass is 10.0. The Morgan fingerprint density at radius 2 is 1.80 bits per heavy atom. The van der Waals surface area contributed by atoms with Crippen LogP contribution in [0.25, 0.3) is 0 Å². The Hall–Kier alpha value is -2.04. The number of nitrogens with one attached hydrogen (secondary N) is 1. The number of rotatable bonds is 6. The number of hydrogen-bond acceptors (Lipinski definition) is 3. The zero-order valence-electron chi connectivity index (χ0n) is 12.2. The minimum atomic E-state index is -1.04. The Morgan fingerprint density at radius 3 is 2.30 bits per heavy atom. The minimum absolute atomic E-state index is 0.192. The molecule has 2 unspecified atom stereocenters. The number of carboxylic acids is 1. The number of carbonyl (C=O) groups is 2. The molecule has 1 amide bonds. The molecule has 0 saturated carbocycles. The summed E-state index contributed by atoms with van der Waals surface area (Å²) >= 11 is 0. The number of carbonyl (C=O) groups excluding carboxylic acids is 1. The van der Waals surface area contributed by atoms with Gasteiger partial charge in [-0.15, -0.1) is 0 Å². The molecule has 0 aliphatic carbocycles. The maximum atomic E-state index is 12.0. The van der Waals surface area contributed by atoms with Gasteiger partial charge in [0.25, 0.3) is 5.91 Å². The van der Waals surface area contributed by atoms with Crippen LogP contribution in [0.15, 0.2) is 24.3 Å². The summed E-state index contributed by atoms with van der Waals surface area (Å²) in [5.74, 6) is -1.06. The molecule has 5 heteroatoms. The van der Waals surface area contributed by atoms with E-state index in [0.717, 1.165) is 5.56 Å². The van der Waals surface area contributed by atoms with Crippen molar-refractivity contribution in [1.29, 1.82) is 0 Å². The van der Waals surface area contributed by atoms with Crippen molar-refractivity contribution in [2.45, 2.75) is 39.8 Å². The molecular formula is C15H21NO4. The van der Waals surface area contributed by atoms with Crippen molar-refractivity contribution >= 4 is 11.9 Å². The summed E-state index contributed by atoms with van der Waals surface area (Å²) in [4.78, 5) is 23.0. The van der Waals surface area contributed by atoms with Crippen LogP contribution in [0, 0.1) is 12.8 Å². The summed E-state index contributed by atoms with van der Waals surface area (Å²) in [5, 5.41) is 11.5. The molecule has 0 fully saturated rings. The van der Waals surface area contributed by atoms with E-state index in [4.69, 9.17) is 9.84 Å². The van der Waals surface area contributed by atoms with Crippen molar-refractivity contribution in [2.75, 3.05) is 0 Å². The lowest BCUT2D eigenvalue weighted by Gasteiger charge is -2.21. The number of ether oxygens (including phenoxy) is 1. The van der Waals surface area contributed by atoms with E-state index in [2.05, 4.69) is 5.32 Å². The maximum absolute atomic E-state index is 12.0. The molecule has 0 aromatic heterocycles. The van der Waals surface area contributed by atoms with Crippen molar-refractivity contribution in [2.24, 2.45) is 5.92 Å². The normalized spacial score (nSPS) is 13.7. The number of benzene rings is 1. The van der Waals surface area contributed by atoms with Crippen LogP contribution in [-0.2, 0) is 9.59 Å². The van der Waals surface area contributed by atoms with E-state index in [1.165, 1.54) is 0 Å². The van der Waals surface area contributed by atoms with E-state index >= 15 is 0 Å². The molecule has 2 N–H and O–H groups in total. The van der Waals surface area contributed by atoms with E-state index < -0.39 is 24.0 Å². The molecule has 0 saturated heterocycles. The van der Waals surface area contributed by atoms with Gasteiger partial charge in [0.2, 0.25) is 0 Å². The molecule has 0 radical (unpaired) electrons. The van der Waals surface area contributed by atoms with Gasteiger partial charge in [0, 0.05) is 0 Å². The molecule has 0 heterocycles. The van der Waals surface area contributed by atoms with E-state index in [0.29, 0.717) is 5.75 Å². The molecule has 20 heavy (non-hydrogen) atoms.